The molecule has 0 saturated carbocycles. The summed E-state index contributed by atoms with van der Waals surface area (Å²) in [6.45, 7) is 1.82. The Labute approximate surface area is 159 Å². The standard InChI is InChI=1S/C19H22N2O5S/c1-4-18(26-16-9-5-14(13-22)6-10-16)19(23)20-15-7-11-17(12-8-15)27(24,25)21(2)3/h5-13,18H,4H2,1-3H3,(H,20,23). The average molecular weight is 390 g/mol. The molecule has 1 unspecified atom stereocenters. The third kappa shape index (κ3) is 5.15. The Balaban J connectivity index is 2.06. The third-order valence-electron chi connectivity index (χ3n) is 3.86. The lowest BCUT2D eigenvalue weighted by molar-refractivity contribution is -0.122. The average Bonchev–Trinajstić information content (AvgIpc) is 2.66. The molecule has 144 valence electrons. The second-order valence-corrected chi connectivity index (χ2v) is 8.15. The molecule has 7 nitrogen and oxygen atoms in total. The molecule has 2 rings (SSSR count). The Morgan fingerprint density at radius 1 is 1.11 bits per heavy atom. The lowest BCUT2D eigenvalue weighted by Gasteiger charge is -2.17. The fourth-order valence-corrected chi connectivity index (χ4v) is 3.16. The van der Waals surface area contributed by atoms with Crippen LogP contribution in [0.2, 0.25) is 0 Å². The molecule has 0 aliphatic heterocycles. The molecule has 8 heteroatoms. The van der Waals surface area contributed by atoms with Gasteiger partial charge in [0.1, 0.15) is 12.0 Å². The van der Waals surface area contributed by atoms with Crippen LogP contribution in [0.25, 0.3) is 0 Å². The molecule has 0 fully saturated rings. The highest BCUT2D eigenvalue weighted by Gasteiger charge is 2.20. The van der Waals surface area contributed by atoms with Gasteiger partial charge in [-0.3, -0.25) is 9.59 Å². The van der Waals surface area contributed by atoms with Gasteiger partial charge in [-0.15, -0.1) is 0 Å². The quantitative estimate of drug-likeness (QED) is 0.699. The first-order valence-corrected chi connectivity index (χ1v) is 9.77. The highest BCUT2D eigenvalue weighted by atomic mass is 32.2. The molecule has 0 heterocycles. The maximum absolute atomic E-state index is 12.4. The number of carbonyl (C=O) groups is 2. The minimum absolute atomic E-state index is 0.143. The van der Waals surface area contributed by atoms with Gasteiger partial charge in [-0.05, 0) is 55.0 Å². The number of hydrogen-bond donors (Lipinski definition) is 1. The first-order chi connectivity index (χ1) is 12.8. The minimum Gasteiger partial charge on any atom is -0.481 e. The molecule has 1 atom stereocenters. The molecule has 1 N–H and O–H groups in total. The van der Waals surface area contributed by atoms with Gasteiger partial charge in [-0.1, -0.05) is 6.92 Å². The van der Waals surface area contributed by atoms with Crippen LogP contribution in [0.4, 0.5) is 5.69 Å². The van der Waals surface area contributed by atoms with Gasteiger partial charge >= 0.3 is 0 Å². The Morgan fingerprint density at radius 2 is 1.70 bits per heavy atom. The number of nitrogens with zero attached hydrogens (tertiary/aromatic N) is 1. The number of rotatable bonds is 8. The summed E-state index contributed by atoms with van der Waals surface area (Å²) in [5, 5.41) is 2.72. The van der Waals surface area contributed by atoms with Crippen LogP contribution < -0.4 is 10.1 Å². The van der Waals surface area contributed by atoms with Crippen LogP contribution >= 0.6 is 0 Å². The molecule has 0 spiro atoms. The molecule has 0 aliphatic carbocycles. The topological polar surface area (TPSA) is 92.8 Å². The zero-order valence-electron chi connectivity index (χ0n) is 15.4. The number of ether oxygens (including phenoxy) is 1. The van der Waals surface area contributed by atoms with Crippen molar-refractivity contribution in [3.8, 4) is 5.75 Å². The van der Waals surface area contributed by atoms with Crippen LogP contribution in [0.5, 0.6) is 5.75 Å². The maximum atomic E-state index is 12.4. The van der Waals surface area contributed by atoms with Crippen molar-refractivity contribution in [3.05, 3.63) is 54.1 Å². The molecule has 2 aromatic rings. The van der Waals surface area contributed by atoms with Crippen LogP contribution in [0, 0.1) is 0 Å². The number of carbonyl (C=O) groups excluding carboxylic acids is 2. The van der Waals surface area contributed by atoms with E-state index in [1.807, 2.05) is 6.92 Å². The molecule has 0 aromatic heterocycles. The van der Waals surface area contributed by atoms with E-state index in [1.54, 1.807) is 24.3 Å². The number of amides is 1. The second kappa shape index (κ2) is 8.79. The summed E-state index contributed by atoms with van der Waals surface area (Å²) in [5.41, 5.74) is 0.990. The van der Waals surface area contributed by atoms with E-state index < -0.39 is 16.1 Å². The Bertz CT molecular complexity index is 891. The smallest absolute Gasteiger partial charge is 0.265 e. The molecule has 2 aromatic carbocycles. The van der Waals surface area contributed by atoms with Gasteiger partial charge < -0.3 is 10.1 Å². The van der Waals surface area contributed by atoms with E-state index in [-0.39, 0.29) is 10.8 Å². The molecule has 0 saturated heterocycles. The summed E-state index contributed by atoms with van der Waals surface area (Å²) < 4.78 is 30.9. The number of benzene rings is 2. The van der Waals surface area contributed by atoms with Crippen molar-refractivity contribution >= 4 is 27.9 Å². The number of aldehydes is 1. The van der Waals surface area contributed by atoms with Gasteiger partial charge in [0.05, 0.1) is 4.90 Å². The predicted octanol–water partition coefficient (Wildman–Crippen LogP) is 2.55. The lowest BCUT2D eigenvalue weighted by atomic mass is 10.2. The molecule has 0 aliphatic rings. The fourth-order valence-electron chi connectivity index (χ4n) is 2.26. The fraction of sp³-hybridized carbons (Fsp3) is 0.263. The van der Waals surface area contributed by atoms with Gasteiger partial charge in [0.15, 0.2) is 6.10 Å². The summed E-state index contributed by atoms with van der Waals surface area (Å²) in [5.74, 6) is 0.134. The van der Waals surface area contributed by atoms with Gasteiger partial charge in [0, 0.05) is 25.3 Å². The van der Waals surface area contributed by atoms with Crippen LogP contribution in [0.1, 0.15) is 23.7 Å². The van der Waals surface area contributed by atoms with E-state index in [0.717, 1.165) is 10.6 Å². The van der Waals surface area contributed by atoms with Crippen LogP contribution in [0.3, 0.4) is 0 Å². The van der Waals surface area contributed by atoms with Gasteiger partial charge in [0.2, 0.25) is 10.0 Å². The maximum Gasteiger partial charge on any atom is 0.265 e. The van der Waals surface area contributed by atoms with E-state index in [0.29, 0.717) is 23.4 Å². The second-order valence-electron chi connectivity index (χ2n) is 6.00. The van der Waals surface area contributed by atoms with Crippen molar-refractivity contribution < 1.29 is 22.7 Å². The Morgan fingerprint density at radius 3 is 2.19 bits per heavy atom. The van der Waals surface area contributed by atoms with Crippen molar-refractivity contribution in [3.63, 3.8) is 0 Å². The molecule has 1 amide bonds. The molecule has 27 heavy (non-hydrogen) atoms. The normalized spacial score (nSPS) is 12.4. The van der Waals surface area contributed by atoms with Crippen LogP contribution in [-0.2, 0) is 14.8 Å². The third-order valence-corrected chi connectivity index (χ3v) is 5.69. The summed E-state index contributed by atoms with van der Waals surface area (Å²) >= 11 is 0. The number of anilines is 1. The molecular formula is C19H22N2O5S. The van der Waals surface area contributed by atoms with Crippen molar-refractivity contribution in [2.45, 2.75) is 24.3 Å². The summed E-state index contributed by atoms with van der Waals surface area (Å²) in [6, 6.07) is 12.4. The van der Waals surface area contributed by atoms with E-state index in [9.17, 15) is 18.0 Å². The number of sulfonamides is 1. The first-order valence-electron chi connectivity index (χ1n) is 8.33. The minimum atomic E-state index is -3.52. The monoisotopic (exact) mass is 390 g/mol. The van der Waals surface area contributed by atoms with Gasteiger partial charge in [-0.25, -0.2) is 12.7 Å². The summed E-state index contributed by atoms with van der Waals surface area (Å²) in [4.78, 5) is 23.3. The van der Waals surface area contributed by atoms with E-state index >= 15 is 0 Å². The number of nitrogens with one attached hydrogen (secondary N) is 1. The highest BCUT2D eigenvalue weighted by molar-refractivity contribution is 7.89. The summed E-state index contributed by atoms with van der Waals surface area (Å²) in [6.07, 6.45) is 0.444. The number of hydrogen-bond acceptors (Lipinski definition) is 5. The summed E-state index contributed by atoms with van der Waals surface area (Å²) in [7, 11) is -0.610. The van der Waals surface area contributed by atoms with Crippen LogP contribution in [0.15, 0.2) is 53.4 Å². The zero-order valence-corrected chi connectivity index (χ0v) is 16.2. The van der Waals surface area contributed by atoms with Crippen molar-refractivity contribution in [1.29, 1.82) is 0 Å². The molecule has 0 radical (unpaired) electrons. The predicted molar refractivity (Wildman–Crippen MR) is 102 cm³/mol. The van der Waals surface area contributed by atoms with E-state index in [4.69, 9.17) is 4.74 Å². The van der Waals surface area contributed by atoms with Crippen LogP contribution in [-0.4, -0.2) is 45.1 Å². The van der Waals surface area contributed by atoms with E-state index in [2.05, 4.69) is 5.32 Å². The molecular weight excluding hydrogens is 368 g/mol. The van der Waals surface area contributed by atoms with E-state index in [1.165, 1.54) is 38.4 Å². The SMILES string of the molecule is CCC(Oc1ccc(C=O)cc1)C(=O)Nc1ccc(S(=O)(=O)N(C)C)cc1. The zero-order chi connectivity index (χ0) is 20.0. The molecule has 0 bridgehead atoms. The van der Waals surface area contributed by atoms with Crippen molar-refractivity contribution in [1.82, 2.24) is 4.31 Å². The van der Waals surface area contributed by atoms with Gasteiger partial charge in [-0.2, -0.15) is 0 Å². The Hall–Kier alpha value is -2.71. The van der Waals surface area contributed by atoms with Crippen molar-refractivity contribution in [2.24, 2.45) is 0 Å². The highest BCUT2D eigenvalue weighted by Crippen LogP contribution is 2.18. The van der Waals surface area contributed by atoms with Crippen molar-refractivity contribution in [2.75, 3.05) is 19.4 Å². The lowest BCUT2D eigenvalue weighted by Crippen LogP contribution is -2.32. The largest absolute Gasteiger partial charge is 0.481 e. The Kier molecular flexibility index (Phi) is 6.70. The first kappa shape index (κ1) is 20.6. The van der Waals surface area contributed by atoms with Gasteiger partial charge in [0.25, 0.3) is 5.91 Å².